The van der Waals surface area contributed by atoms with Crippen LogP contribution in [0.2, 0.25) is 0 Å². The lowest BCUT2D eigenvalue weighted by atomic mass is 9.89. The predicted molar refractivity (Wildman–Crippen MR) is 95.3 cm³/mol. The smallest absolute Gasteiger partial charge is 0.0632 e. The third-order valence-corrected chi connectivity index (χ3v) is 5.71. The molecule has 2 aliphatic carbocycles. The van der Waals surface area contributed by atoms with E-state index in [9.17, 15) is 0 Å². The first-order valence-electron chi connectivity index (χ1n) is 7.67. The number of hydrogen-bond acceptors (Lipinski definition) is 0. The van der Waals surface area contributed by atoms with E-state index in [1.165, 1.54) is 16.7 Å². The Morgan fingerprint density at radius 1 is 0.818 bits per heavy atom. The summed E-state index contributed by atoms with van der Waals surface area (Å²) in [5.74, 6) is 0.735. The first-order chi connectivity index (χ1) is 10.8. The van der Waals surface area contributed by atoms with Gasteiger partial charge in [0.15, 0.2) is 0 Å². The third kappa shape index (κ3) is 2.22. The van der Waals surface area contributed by atoms with Gasteiger partial charge in [-0.25, -0.2) is 0 Å². The molecule has 0 heterocycles. The maximum absolute atomic E-state index is 6.51. The summed E-state index contributed by atoms with van der Waals surface area (Å²) < 4.78 is 0. The molecule has 0 fully saturated rings. The molecule has 110 valence electrons. The molecule has 2 unspecified atom stereocenters. The van der Waals surface area contributed by atoms with Crippen LogP contribution < -0.4 is 0 Å². The SMILES string of the molecule is ClC1=C(Cl)C(CCC2C=Cc3ccccc32)c2ccccc21. The van der Waals surface area contributed by atoms with Crippen molar-refractivity contribution in [2.45, 2.75) is 24.7 Å². The lowest BCUT2D eigenvalue weighted by molar-refractivity contribution is 0.637. The summed E-state index contributed by atoms with van der Waals surface area (Å²) >= 11 is 12.9. The first kappa shape index (κ1) is 14.1. The van der Waals surface area contributed by atoms with Gasteiger partial charge in [-0.15, -0.1) is 0 Å². The zero-order valence-corrected chi connectivity index (χ0v) is 13.6. The minimum absolute atomic E-state index is 0.242. The number of rotatable bonds is 3. The van der Waals surface area contributed by atoms with Crippen LogP contribution in [0, 0.1) is 0 Å². The zero-order chi connectivity index (χ0) is 15.1. The Morgan fingerprint density at radius 3 is 2.41 bits per heavy atom. The van der Waals surface area contributed by atoms with E-state index in [2.05, 4.69) is 54.6 Å². The molecule has 22 heavy (non-hydrogen) atoms. The normalized spacial score (nSPS) is 22.1. The van der Waals surface area contributed by atoms with E-state index in [4.69, 9.17) is 23.2 Å². The quantitative estimate of drug-likeness (QED) is 0.602. The second kappa shape index (κ2) is 5.61. The molecule has 2 aliphatic rings. The van der Waals surface area contributed by atoms with Crippen LogP contribution in [0.3, 0.4) is 0 Å². The number of fused-ring (bicyclic) bond motifs is 2. The molecule has 0 amide bonds. The van der Waals surface area contributed by atoms with E-state index >= 15 is 0 Å². The van der Waals surface area contributed by atoms with Gasteiger partial charge in [0.1, 0.15) is 0 Å². The highest BCUT2D eigenvalue weighted by Gasteiger charge is 2.30. The van der Waals surface area contributed by atoms with Gasteiger partial charge in [0.25, 0.3) is 0 Å². The number of benzene rings is 2. The van der Waals surface area contributed by atoms with Crippen molar-refractivity contribution in [2.24, 2.45) is 0 Å². The molecule has 2 aromatic rings. The fourth-order valence-electron chi connectivity index (χ4n) is 3.62. The molecule has 0 radical (unpaired) electrons. The Hall–Kier alpha value is -1.50. The Bertz CT molecular complexity index is 786. The van der Waals surface area contributed by atoms with Gasteiger partial charge >= 0.3 is 0 Å². The number of allylic oxidation sites excluding steroid dienone is 2. The van der Waals surface area contributed by atoms with Crippen LogP contribution in [-0.4, -0.2) is 0 Å². The summed E-state index contributed by atoms with van der Waals surface area (Å²) in [4.78, 5) is 0. The van der Waals surface area contributed by atoms with Crippen LogP contribution in [0.1, 0.15) is 46.9 Å². The van der Waals surface area contributed by atoms with E-state index in [0.29, 0.717) is 5.92 Å². The maximum Gasteiger partial charge on any atom is 0.0632 e. The maximum atomic E-state index is 6.51. The van der Waals surface area contributed by atoms with E-state index in [1.807, 2.05) is 6.07 Å². The Labute approximate surface area is 141 Å². The van der Waals surface area contributed by atoms with E-state index < -0.39 is 0 Å². The number of halogens is 2. The second-order valence-corrected chi connectivity index (χ2v) is 6.76. The minimum Gasteiger partial charge on any atom is -0.0868 e. The van der Waals surface area contributed by atoms with Gasteiger partial charge in [-0.2, -0.15) is 0 Å². The molecule has 0 aromatic heterocycles. The lowest BCUT2D eigenvalue weighted by Crippen LogP contribution is -2.00. The third-order valence-electron chi connectivity index (χ3n) is 4.76. The van der Waals surface area contributed by atoms with Gasteiger partial charge in [-0.1, -0.05) is 83.9 Å². The van der Waals surface area contributed by atoms with Crippen molar-refractivity contribution < 1.29 is 0 Å². The van der Waals surface area contributed by atoms with Crippen LogP contribution in [0.15, 0.2) is 59.6 Å². The molecule has 0 aliphatic heterocycles. The predicted octanol–water partition coefficient (Wildman–Crippen LogP) is 6.52. The average Bonchev–Trinajstić information content (AvgIpc) is 3.07. The summed E-state index contributed by atoms with van der Waals surface area (Å²) in [7, 11) is 0. The van der Waals surface area contributed by atoms with Crippen LogP contribution in [0.4, 0.5) is 0 Å². The molecular formula is C20H16Cl2. The van der Waals surface area contributed by atoms with Gasteiger partial charge in [0, 0.05) is 16.9 Å². The second-order valence-electron chi connectivity index (χ2n) is 5.97. The molecule has 0 saturated carbocycles. The standard InChI is InChI=1S/C20H16Cl2/c21-19-17-8-4-3-7-16(17)18(20(19)22)12-11-14-10-9-13-5-1-2-6-15(13)14/h1-10,14,18H,11-12H2. The van der Waals surface area contributed by atoms with Crippen molar-refractivity contribution in [1.29, 1.82) is 0 Å². The minimum atomic E-state index is 0.242. The molecule has 2 heteroatoms. The van der Waals surface area contributed by atoms with Crippen molar-refractivity contribution in [1.82, 2.24) is 0 Å². The Kier molecular flexibility index (Phi) is 3.60. The summed E-state index contributed by atoms with van der Waals surface area (Å²) in [6, 6.07) is 16.9. The van der Waals surface area contributed by atoms with Gasteiger partial charge in [-0.3, -0.25) is 0 Å². The van der Waals surface area contributed by atoms with Crippen LogP contribution >= 0.6 is 23.2 Å². The molecule has 0 N–H and O–H groups in total. The fourth-order valence-corrected chi connectivity index (χ4v) is 4.26. The first-order valence-corrected chi connectivity index (χ1v) is 8.43. The highest BCUT2D eigenvalue weighted by molar-refractivity contribution is 6.55. The largest absolute Gasteiger partial charge is 0.0868 e. The summed E-state index contributed by atoms with van der Waals surface area (Å²) in [6.07, 6.45) is 6.65. The monoisotopic (exact) mass is 326 g/mol. The van der Waals surface area contributed by atoms with Crippen molar-refractivity contribution in [2.75, 3.05) is 0 Å². The molecular weight excluding hydrogens is 311 g/mol. The average molecular weight is 327 g/mol. The summed E-state index contributed by atoms with van der Waals surface area (Å²) in [5.41, 5.74) is 5.15. The van der Waals surface area contributed by atoms with Gasteiger partial charge < -0.3 is 0 Å². The summed E-state index contributed by atoms with van der Waals surface area (Å²) in [6.45, 7) is 0. The van der Waals surface area contributed by atoms with Crippen LogP contribution in [0.25, 0.3) is 11.1 Å². The molecule has 0 spiro atoms. The van der Waals surface area contributed by atoms with Crippen molar-refractivity contribution in [3.05, 3.63) is 81.9 Å². The topological polar surface area (TPSA) is 0 Å². The zero-order valence-electron chi connectivity index (χ0n) is 12.1. The van der Waals surface area contributed by atoms with Crippen molar-refractivity contribution in [3.63, 3.8) is 0 Å². The summed E-state index contributed by atoms with van der Waals surface area (Å²) in [5, 5.41) is 1.53. The van der Waals surface area contributed by atoms with Crippen LogP contribution in [-0.2, 0) is 0 Å². The van der Waals surface area contributed by atoms with Crippen molar-refractivity contribution >= 4 is 34.3 Å². The van der Waals surface area contributed by atoms with Crippen LogP contribution in [0.5, 0.6) is 0 Å². The molecule has 4 rings (SSSR count). The Morgan fingerprint density at radius 2 is 1.55 bits per heavy atom. The van der Waals surface area contributed by atoms with Crippen molar-refractivity contribution in [3.8, 4) is 0 Å². The van der Waals surface area contributed by atoms with Gasteiger partial charge in [0.2, 0.25) is 0 Å². The number of hydrogen-bond donors (Lipinski definition) is 0. The van der Waals surface area contributed by atoms with E-state index in [0.717, 1.165) is 28.5 Å². The molecule has 0 nitrogen and oxygen atoms in total. The molecule has 0 saturated heterocycles. The fraction of sp³-hybridized carbons (Fsp3) is 0.200. The highest BCUT2D eigenvalue weighted by Crippen LogP contribution is 2.49. The highest BCUT2D eigenvalue weighted by atomic mass is 35.5. The Balaban J connectivity index is 1.55. The van der Waals surface area contributed by atoms with E-state index in [-0.39, 0.29) is 5.92 Å². The lowest BCUT2D eigenvalue weighted by Gasteiger charge is -2.16. The molecule has 2 atom stereocenters. The van der Waals surface area contributed by atoms with E-state index in [1.54, 1.807) is 0 Å². The molecule has 0 bridgehead atoms. The van der Waals surface area contributed by atoms with Gasteiger partial charge in [-0.05, 0) is 35.1 Å². The van der Waals surface area contributed by atoms with Gasteiger partial charge in [0.05, 0.1) is 5.03 Å². The molecule has 2 aromatic carbocycles.